The van der Waals surface area contributed by atoms with E-state index in [1.807, 2.05) is 0 Å². The molecule has 0 radical (unpaired) electrons. The Hall–Kier alpha value is -1.99. The lowest BCUT2D eigenvalue weighted by molar-refractivity contribution is -0.386. The molecule has 0 fully saturated rings. The third-order valence-electron chi connectivity index (χ3n) is 1.51. The van der Waals surface area contributed by atoms with Gasteiger partial charge >= 0.3 is 0 Å². The van der Waals surface area contributed by atoms with Crippen LogP contribution in [0.4, 0.5) is 20.3 Å². The Bertz CT molecular complexity index is 383. The van der Waals surface area contributed by atoms with E-state index in [2.05, 4.69) is 4.98 Å². The number of rotatable bonds is 2. The zero-order valence-electron chi connectivity index (χ0n) is 6.65. The highest BCUT2D eigenvalue weighted by Gasteiger charge is 2.27. The molecule has 1 rings (SSSR count). The molecule has 0 aliphatic carbocycles. The van der Waals surface area contributed by atoms with Gasteiger partial charge in [-0.1, -0.05) is 0 Å². The average Bonchev–Trinajstić information content (AvgIpc) is 2.08. The van der Waals surface area contributed by atoms with Crippen LogP contribution in [0.2, 0.25) is 0 Å². The Labute approximate surface area is 76.1 Å². The van der Waals surface area contributed by atoms with Crippen molar-refractivity contribution in [1.82, 2.24) is 4.98 Å². The maximum absolute atomic E-state index is 12.3. The molecule has 0 saturated carbocycles. The highest BCUT2D eigenvalue weighted by Crippen LogP contribution is 2.38. The molecule has 76 valence electrons. The van der Waals surface area contributed by atoms with Crippen molar-refractivity contribution >= 4 is 11.5 Å². The normalized spacial score (nSPS) is 10.5. The number of halogens is 2. The Morgan fingerprint density at radius 3 is 2.64 bits per heavy atom. The van der Waals surface area contributed by atoms with Crippen LogP contribution in [0.15, 0.2) is 6.20 Å². The Balaban J connectivity index is 3.45. The molecule has 6 nitrogen and oxygen atoms in total. The van der Waals surface area contributed by atoms with Crippen molar-refractivity contribution in [3.8, 4) is 5.75 Å². The maximum Gasteiger partial charge on any atom is 0.300 e. The van der Waals surface area contributed by atoms with Crippen LogP contribution in [0.1, 0.15) is 12.0 Å². The molecule has 0 aromatic carbocycles. The van der Waals surface area contributed by atoms with E-state index in [9.17, 15) is 18.9 Å². The summed E-state index contributed by atoms with van der Waals surface area (Å²) in [5, 5.41) is 19.3. The number of alkyl halides is 2. The fourth-order valence-electron chi connectivity index (χ4n) is 0.881. The van der Waals surface area contributed by atoms with Crippen LogP contribution in [0, 0.1) is 10.1 Å². The van der Waals surface area contributed by atoms with Gasteiger partial charge in [-0.25, -0.2) is 13.8 Å². The fraction of sp³-hybridized carbons (Fsp3) is 0.167. The number of aromatic hydroxyl groups is 1. The number of pyridine rings is 1. The van der Waals surface area contributed by atoms with Gasteiger partial charge in [0.15, 0.2) is 11.6 Å². The molecule has 8 heteroatoms. The zero-order valence-corrected chi connectivity index (χ0v) is 6.65. The van der Waals surface area contributed by atoms with Crippen molar-refractivity contribution in [2.24, 2.45) is 0 Å². The van der Waals surface area contributed by atoms with Crippen LogP contribution < -0.4 is 5.73 Å². The van der Waals surface area contributed by atoms with Gasteiger partial charge in [0, 0.05) is 0 Å². The van der Waals surface area contributed by atoms with E-state index in [-0.39, 0.29) is 0 Å². The predicted molar refractivity (Wildman–Crippen MR) is 41.9 cm³/mol. The van der Waals surface area contributed by atoms with Gasteiger partial charge in [-0.2, -0.15) is 0 Å². The summed E-state index contributed by atoms with van der Waals surface area (Å²) in [6, 6.07) is 0. The molecule has 1 heterocycles. The lowest BCUT2D eigenvalue weighted by Gasteiger charge is -2.05. The summed E-state index contributed by atoms with van der Waals surface area (Å²) < 4.78 is 24.6. The van der Waals surface area contributed by atoms with E-state index in [1.165, 1.54) is 0 Å². The van der Waals surface area contributed by atoms with Crippen molar-refractivity contribution in [3.63, 3.8) is 0 Å². The second kappa shape index (κ2) is 3.40. The Morgan fingerprint density at radius 2 is 2.21 bits per heavy atom. The van der Waals surface area contributed by atoms with Gasteiger partial charge in [0.05, 0.1) is 4.92 Å². The second-order valence-electron chi connectivity index (χ2n) is 2.35. The van der Waals surface area contributed by atoms with Gasteiger partial charge in [0.2, 0.25) is 0 Å². The van der Waals surface area contributed by atoms with Crippen molar-refractivity contribution in [2.75, 3.05) is 5.73 Å². The minimum Gasteiger partial charge on any atom is -0.504 e. The molecule has 0 aliphatic heterocycles. The Morgan fingerprint density at radius 1 is 1.64 bits per heavy atom. The summed E-state index contributed by atoms with van der Waals surface area (Å²) in [6.45, 7) is 0. The van der Waals surface area contributed by atoms with Crippen LogP contribution in [0.5, 0.6) is 5.75 Å². The van der Waals surface area contributed by atoms with Crippen LogP contribution >= 0.6 is 0 Å². The van der Waals surface area contributed by atoms with Crippen LogP contribution in [-0.2, 0) is 0 Å². The quantitative estimate of drug-likeness (QED) is 0.558. The molecular formula is C6H5F2N3O3. The lowest BCUT2D eigenvalue weighted by atomic mass is 10.2. The first kappa shape index (κ1) is 10.1. The largest absolute Gasteiger partial charge is 0.504 e. The monoisotopic (exact) mass is 205 g/mol. The molecule has 0 saturated heterocycles. The molecule has 0 spiro atoms. The number of anilines is 1. The summed E-state index contributed by atoms with van der Waals surface area (Å²) in [5.41, 5.74) is 2.95. The molecule has 0 unspecified atom stereocenters. The topological polar surface area (TPSA) is 102 Å². The van der Waals surface area contributed by atoms with Crippen molar-refractivity contribution in [2.45, 2.75) is 6.43 Å². The number of hydrogen-bond donors (Lipinski definition) is 2. The van der Waals surface area contributed by atoms with E-state index >= 15 is 0 Å². The SMILES string of the molecule is Nc1ncc([N+](=O)[O-])c(C(F)F)c1O. The molecular weight excluding hydrogens is 200 g/mol. The highest BCUT2D eigenvalue weighted by molar-refractivity contribution is 5.58. The summed E-state index contributed by atoms with van der Waals surface area (Å²) in [7, 11) is 0. The number of hydrogen-bond acceptors (Lipinski definition) is 5. The Kier molecular flexibility index (Phi) is 2.45. The molecule has 3 N–H and O–H groups in total. The fourth-order valence-corrected chi connectivity index (χ4v) is 0.881. The van der Waals surface area contributed by atoms with Gasteiger partial charge in [-0.15, -0.1) is 0 Å². The number of nitrogens with zero attached hydrogens (tertiary/aromatic N) is 2. The minimum atomic E-state index is -3.18. The molecule has 14 heavy (non-hydrogen) atoms. The standard InChI is InChI=1S/C6H5F2N3O3/c7-5(8)3-2(11(13)14)1-10-6(9)4(3)12/h1,5,12H,(H2,9,10). The van der Waals surface area contributed by atoms with Gasteiger partial charge < -0.3 is 10.8 Å². The molecule has 0 atom stereocenters. The smallest absolute Gasteiger partial charge is 0.300 e. The highest BCUT2D eigenvalue weighted by atomic mass is 19.3. The summed E-state index contributed by atoms with van der Waals surface area (Å²) in [4.78, 5) is 12.4. The molecule has 1 aromatic rings. The molecule has 1 aromatic heterocycles. The lowest BCUT2D eigenvalue weighted by Crippen LogP contribution is -2.01. The van der Waals surface area contributed by atoms with Gasteiger partial charge in [0.1, 0.15) is 11.8 Å². The van der Waals surface area contributed by atoms with Crippen molar-refractivity contribution in [1.29, 1.82) is 0 Å². The van der Waals surface area contributed by atoms with Crippen LogP contribution in [0.25, 0.3) is 0 Å². The average molecular weight is 205 g/mol. The number of aromatic nitrogens is 1. The summed E-state index contributed by atoms with van der Waals surface area (Å²) >= 11 is 0. The predicted octanol–water partition coefficient (Wildman–Crippen LogP) is 1.22. The summed E-state index contributed by atoms with van der Waals surface area (Å²) in [5.74, 6) is -1.61. The van der Waals surface area contributed by atoms with Crippen LogP contribution in [-0.4, -0.2) is 15.0 Å². The maximum atomic E-state index is 12.3. The third-order valence-corrected chi connectivity index (χ3v) is 1.51. The van der Waals surface area contributed by atoms with Crippen LogP contribution in [0.3, 0.4) is 0 Å². The van der Waals surface area contributed by atoms with E-state index < -0.39 is 34.2 Å². The zero-order chi connectivity index (χ0) is 10.9. The number of nitrogens with two attached hydrogens (primary N) is 1. The first-order chi connectivity index (χ1) is 6.45. The molecule has 0 amide bonds. The first-order valence-electron chi connectivity index (χ1n) is 3.35. The van der Waals surface area contributed by atoms with E-state index in [0.29, 0.717) is 6.20 Å². The van der Waals surface area contributed by atoms with Gasteiger partial charge in [-0.05, 0) is 0 Å². The van der Waals surface area contributed by atoms with E-state index in [1.54, 1.807) is 0 Å². The number of nitro groups is 1. The minimum absolute atomic E-state index is 0.564. The molecule has 0 aliphatic rings. The summed E-state index contributed by atoms with van der Waals surface area (Å²) in [6.07, 6.45) is -2.60. The first-order valence-corrected chi connectivity index (χ1v) is 3.35. The van der Waals surface area contributed by atoms with E-state index in [0.717, 1.165) is 0 Å². The molecule has 0 bridgehead atoms. The second-order valence-corrected chi connectivity index (χ2v) is 2.35. The van der Waals surface area contributed by atoms with Gasteiger partial charge in [0.25, 0.3) is 12.1 Å². The third kappa shape index (κ3) is 1.53. The van der Waals surface area contributed by atoms with Crippen molar-refractivity contribution < 1.29 is 18.8 Å². The van der Waals surface area contributed by atoms with Gasteiger partial charge in [-0.3, -0.25) is 10.1 Å². The number of nitrogen functional groups attached to an aromatic ring is 1. The van der Waals surface area contributed by atoms with Crippen molar-refractivity contribution in [3.05, 3.63) is 21.9 Å². The van der Waals surface area contributed by atoms with E-state index in [4.69, 9.17) is 10.8 Å².